The Balaban J connectivity index is 0.000000398. The van der Waals surface area contributed by atoms with Crippen molar-refractivity contribution < 1.29 is 4.79 Å². The van der Waals surface area contributed by atoms with Crippen LogP contribution in [0.2, 0.25) is 0 Å². The number of fused-ring (bicyclic) bond motifs is 1. The van der Waals surface area contributed by atoms with Crippen molar-refractivity contribution >= 4 is 28.8 Å². The quantitative estimate of drug-likeness (QED) is 0.442. The highest BCUT2D eigenvalue weighted by Crippen LogP contribution is 2.32. The number of rotatable bonds is 5. The summed E-state index contributed by atoms with van der Waals surface area (Å²) >= 11 is 0. The third kappa shape index (κ3) is 5.20. The first kappa shape index (κ1) is 23.3. The molecule has 4 aromatic rings. The molecule has 176 valence electrons. The lowest BCUT2D eigenvalue weighted by atomic mass is 10.1. The Labute approximate surface area is 199 Å². The van der Waals surface area contributed by atoms with Gasteiger partial charge in [0.2, 0.25) is 6.41 Å². The number of anilines is 2. The number of hydrogen-bond acceptors (Lipinski definition) is 7. The second-order valence-corrected chi connectivity index (χ2v) is 8.19. The second-order valence-electron chi connectivity index (χ2n) is 8.19. The molecule has 0 spiro atoms. The van der Waals surface area contributed by atoms with E-state index in [1.165, 1.54) is 37.3 Å². The molecule has 0 radical (unpaired) electrons. The molecule has 1 aliphatic rings. The van der Waals surface area contributed by atoms with Gasteiger partial charge in [-0.3, -0.25) is 19.4 Å². The van der Waals surface area contributed by atoms with Crippen molar-refractivity contribution in [1.29, 1.82) is 0 Å². The van der Waals surface area contributed by atoms with Gasteiger partial charge < -0.3 is 15.5 Å². The summed E-state index contributed by atoms with van der Waals surface area (Å²) in [6.45, 7) is 2.50. The third-order valence-electron chi connectivity index (χ3n) is 5.75. The first-order valence-corrected chi connectivity index (χ1v) is 11.4. The van der Waals surface area contributed by atoms with Crippen LogP contribution in [0.15, 0.2) is 49.1 Å². The number of aryl methyl sites for hydroxylation is 1. The molecule has 1 amide bonds. The zero-order chi connectivity index (χ0) is 23.9. The van der Waals surface area contributed by atoms with Gasteiger partial charge >= 0.3 is 0 Å². The highest BCUT2D eigenvalue weighted by molar-refractivity contribution is 5.98. The van der Waals surface area contributed by atoms with Crippen molar-refractivity contribution in [3.63, 3.8) is 0 Å². The number of amides is 1. The van der Waals surface area contributed by atoms with Gasteiger partial charge in [-0.15, -0.1) is 0 Å². The first-order valence-electron chi connectivity index (χ1n) is 11.4. The summed E-state index contributed by atoms with van der Waals surface area (Å²) in [6.07, 6.45) is 12.1. The zero-order valence-electron chi connectivity index (χ0n) is 19.8. The SMILES string of the molecule is C1CCNCC1.CNc1c(N(C)C=O)cnc2ccc(-c3ccc(-c4cnn(C)c4)nc3)nc12. The lowest BCUT2D eigenvalue weighted by molar-refractivity contribution is -0.107. The Morgan fingerprint density at radius 2 is 1.79 bits per heavy atom. The van der Waals surface area contributed by atoms with Gasteiger partial charge in [0.05, 0.1) is 40.7 Å². The molecule has 4 aromatic heterocycles. The van der Waals surface area contributed by atoms with Crippen LogP contribution >= 0.6 is 0 Å². The molecule has 1 aliphatic heterocycles. The van der Waals surface area contributed by atoms with Gasteiger partial charge in [-0.1, -0.05) is 6.42 Å². The van der Waals surface area contributed by atoms with Crippen molar-refractivity contribution in [3.8, 4) is 22.5 Å². The van der Waals surface area contributed by atoms with Crippen LogP contribution in [0.4, 0.5) is 11.4 Å². The lowest BCUT2D eigenvalue weighted by Gasteiger charge is -2.17. The number of nitrogens with zero attached hydrogens (tertiary/aromatic N) is 6. The summed E-state index contributed by atoms with van der Waals surface area (Å²) in [7, 11) is 5.36. The number of hydrogen-bond donors (Lipinski definition) is 2. The molecule has 2 N–H and O–H groups in total. The van der Waals surface area contributed by atoms with E-state index in [4.69, 9.17) is 4.98 Å². The van der Waals surface area contributed by atoms with Crippen molar-refractivity contribution in [2.45, 2.75) is 19.3 Å². The summed E-state index contributed by atoms with van der Waals surface area (Å²) in [5, 5.41) is 10.6. The molecule has 1 saturated heterocycles. The van der Waals surface area contributed by atoms with Gasteiger partial charge in [-0.25, -0.2) is 4.98 Å². The minimum atomic E-state index is 0.666. The maximum atomic E-state index is 11.2. The number of carbonyl (C=O) groups is 1. The van der Waals surface area contributed by atoms with Crippen LogP contribution in [-0.4, -0.2) is 58.3 Å². The minimum absolute atomic E-state index is 0.666. The molecule has 9 heteroatoms. The molecule has 0 saturated carbocycles. The molecule has 34 heavy (non-hydrogen) atoms. The van der Waals surface area contributed by atoms with E-state index in [9.17, 15) is 4.79 Å². The molecule has 0 atom stereocenters. The smallest absolute Gasteiger partial charge is 0.213 e. The average Bonchev–Trinajstić information content (AvgIpc) is 3.34. The van der Waals surface area contributed by atoms with Crippen LogP contribution in [-0.2, 0) is 11.8 Å². The van der Waals surface area contributed by atoms with Gasteiger partial charge in [0.15, 0.2) is 0 Å². The van der Waals surface area contributed by atoms with Crippen molar-refractivity contribution in [2.75, 3.05) is 37.4 Å². The Morgan fingerprint density at radius 3 is 2.35 bits per heavy atom. The molecule has 0 unspecified atom stereocenters. The standard InChI is InChI=1S/C20H19N7O.C5H11N/c1-21-20-18(26(2)12-28)10-23-17-7-6-16(25-19(17)20)13-4-5-15(22-8-13)14-9-24-27(3)11-14;1-2-4-6-5-3-1/h4-12H,1-3H3,(H,21,23);6H,1-5H2. The fraction of sp³-hybridized carbons (Fsp3) is 0.320. The Morgan fingerprint density at radius 1 is 1.00 bits per heavy atom. The predicted octanol–water partition coefficient (Wildman–Crippen LogP) is 3.49. The predicted molar refractivity (Wildman–Crippen MR) is 136 cm³/mol. The summed E-state index contributed by atoms with van der Waals surface area (Å²) < 4.78 is 1.75. The van der Waals surface area contributed by atoms with Gasteiger partial charge in [-0.05, 0) is 50.2 Å². The maximum absolute atomic E-state index is 11.2. The van der Waals surface area contributed by atoms with E-state index >= 15 is 0 Å². The normalized spacial score (nSPS) is 13.1. The van der Waals surface area contributed by atoms with Gasteiger partial charge in [0, 0.05) is 44.7 Å². The van der Waals surface area contributed by atoms with E-state index in [-0.39, 0.29) is 0 Å². The van der Waals surface area contributed by atoms with Crippen LogP contribution in [0, 0.1) is 0 Å². The van der Waals surface area contributed by atoms with Crippen LogP contribution in [0.1, 0.15) is 19.3 Å². The lowest BCUT2D eigenvalue weighted by Crippen LogP contribution is -2.21. The molecular weight excluding hydrogens is 428 g/mol. The van der Waals surface area contributed by atoms with E-state index < -0.39 is 0 Å². The Bertz CT molecular complexity index is 1240. The number of piperidine rings is 1. The monoisotopic (exact) mass is 458 g/mol. The summed E-state index contributed by atoms with van der Waals surface area (Å²) in [5.74, 6) is 0. The van der Waals surface area contributed by atoms with Crippen molar-refractivity contribution in [1.82, 2.24) is 30.0 Å². The molecular formula is C25H30N8O. The molecule has 0 bridgehead atoms. The average molecular weight is 459 g/mol. The van der Waals surface area contributed by atoms with E-state index in [1.54, 1.807) is 37.4 Å². The molecule has 0 aromatic carbocycles. The number of pyridine rings is 3. The Kier molecular flexibility index (Phi) is 7.44. The second kappa shape index (κ2) is 10.8. The zero-order valence-corrected chi connectivity index (χ0v) is 19.8. The minimum Gasteiger partial charge on any atom is -0.385 e. The van der Waals surface area contributed by atoms with E-state index in [2.05, 4.69) is 25.7 Å². The van der Waals surface area contributed by atoms with Crippen molar-refractivity contribution in [2.24, 2.45) is 7.05 Å². The van der Waals surface area contributed by atoms with Gasteiger partial charge in [0.25, 0.3) is 0 Å². The van der Waals surface area contributed by atoms with Crippen molar-refractivity contribution in [3.05, 3.63) is 49.1 Å². The van der Waals surface area contributed by atoms with Gasteiger partial charge in [0.1, 0.15) is 5.52 Å². The molecule has 5 rings (SSSR count). The molecule has 1 fully saturated rings. The Hall–Kier alpha value is -3.85. The first-order chi connectivity index (χ1) is 16.6. The number of carbonyl (C=O) groups excluding carboxylic acids is 1. The van der Waals surface area contributed by atoms with E-state index in [0.29, 0.717) is 11.2 Å². The molecule has 0 aliphatic carbocycles. The number of aromatic nitrogens is 5. The largest absolute Gasteiger partial charge is 0.385 e. The number of nitrogens with one attached hydrogen (secondary N) is 2. The molecule has 9 nitrogen and oxygen atoms in total. The maximum Gasteiger partial charge on any atom is 0.213 e. The highest BCUT2D eigenvalue weighted by Gasteiger charge is 2.14. The highest BCUT2D eigenvalue weighted by atomic mass is 16.1. The fourth-order valence-corrected chi connectivity index (χ4v) is 3.86. The van der Waals surface area contributed by atoms with Gasteiger partial charge in [-0.2, -0.15) is 5.10 Å². The third-order valence-corrected chi connectivity index (χ3v) is 5.75. The molecule has 5 heterocycles. The van der Waals surface area contributed by atoms with E-state index in [0.717, 1.165) is 40.1 Å². The van der Waals surface area contributed by atoms with Crippen LogP contribution < -0.4 is 15.5 Å². The topological polar surface area (TPSA) is 101 Å². The summed E-state index contributed by atoms with van der Waals surface area (Å²) in [5.41, 5.74) is 6.35. The fourth-order valence-electron chi connectivity index (χ4n) is 3.86. The van der Waals surface area contributed by atoms with E-state index in [1.807, 2.05) is 37.5 Å². The summed E-state index contributed by atoms with van der Waals surface area (Å²) in [6, 6.07) is 7.76. The van der Waals surface area contributed by atoms with Crippen LogP contribution in [0.5, 0.6) is 0 Å². The van der Waals surface area contributed by atoms with Crippen LogP contribution in [0.3, 0.4) is 0 Å². The van der Waals surface area contributed by atoms with Crippen LogP contribution in [0.25, 0.3) is 33.5 Å². The summed E-state index contributed by atoms with van der Waals surface area (Å²) in [4.78, 5) is 26.4.